The highest BCUT2D eigenvalue weighted by Gasteiger charge is 2.44. The van der Waals surface area contributed by atoms with Crippen LogP contribution in [0.25, 0.3) is 0 Å². The Morgan fingerprint density at radius 1 is 1.12 bits per heavy atom. The molecule has 0 aliphatic heterocycles. The summed E-state index contributed by atoms with van der Waals surface area (Å²) in [4.78, 5) is 16.3. The molecule has 0 aliphatic carbocycles. The van der Waals surface area contributed by atoms with Crippen LogP contribution in [0.15, 0.2) is 77.8 Å². The Morgan fingerprint density at radius 3 is 2.24 bits per heavy atom. The number of pyridine rings is 1. The first kappa shape index (κ1) is 26.4. The van der Waals surface area contributed by atoms with Gasteiger partial charge in [0.1, 0.15) is 17.5 Å². The van der Waals surface area contributed by atoms with E-state index in [-0.39, 0.29) is 9.36 Å². The lowest BCUT2D eigenvalue weighted by Gasteiger charge is -2.35. The predicted octanol–water partition coefficient (Wildman–Crippen LogP) is 4.42. The number of halogens is 1. The molecule has 0 aliphatic rings. The van der Waals surface area contributed by atoms with Crippen molar-refractivity contribution in [2.75, 3.05) is 0 Å². The molecule has 2 aromatic carbocycles. The molecule has 8 nitrogen and oxygen atoms in total. The van der Waals surface area contributed by atoms with Gasteiger partial charge in [0.15, 0.2) is 0 Å². The Bertz CT molecular complexity index is 1220. The Kier molecular flexibility index (Phi) is 8.57. The van der Waals surface area contributed by atoms with Crippen molar-refractivity contribution in [2.45, 2.75) is 35.3 Å². The fraction of sp³-hybridized carbons (Fsp3) is 0.217. The number of benzene rings is 2. The van der Waals surface area contributed by atoms with Crippen molar-refractivity contribution >= 4 is 50.3 Å². The average molecular weight is 613 g/mol. The maximum absolute atomic E-state index is 13.1. The van der Waals surface area contributed by atoms with Crippen LogP contribution in [0.4, 0.5) is 0 Å². The zero-order valence-corrected chi connectivity index (χ0v) is 22.2. The van der Waals surface area contributed by atoms with Crippen molar-refractivity contribution in [3.05, 3.63) is 82.2 Å². The third-order valence-corrected chi connectivity index (χ3v) is 8.58. The second-order valence-electron chi connectivity index (χ2n) is 7.82. The first-order valence-corrected chi connectivity index (χ1v) is 13.6. The Morgan fingerprint density at radius 2 is 1.71 bits per heavy atom. The average Bonchev–Trinajstić information content (AvgIpc) is 2.80. The van der Waals surface area contributed by atoms with Crippen LogP contribution in [0.3, 0.4) is 0 Å². The second-order valence-corrected chi connectivity index (χ2v) is 12.5. The summed E-state index contributed by atoms with van der Waals surface area (Å²) in [5.74, 6) is 0.446. The second kappa shape index (κ2) is 11.0. The molecule has 1 amide bonds. The summed E-state index contributed by atoms with van der Waals surface area (Å²) < 4.78 is 32.0. The molecule has 34 heavy (non-hydrogen) atoms. The van der Waals surface area contributed by atoms with Gasteiger partial charge in [-0.1, -0.05) is 10.5 Å². The molecule has 1 atom stereocenters. The van der Waals surface area contributed by atoms with Crippen molar-refractivity contribution in [1.82, 2.24) is 9.45 Å². The molecule has 0 saturated heterocycles. The Hall–Kier alpha value is -2.19. The number of aromatic nitrogens is 1. The number of amides is 1. The molecule has 0 saturated carbocycles. The van der Waals surface area contributed by atoms with Gasteiger partial charge in [0, 0.05) is 20.3 Å². The molecule has 0 unspecified atom stereocenters. The van der Waals surface area contributed by atoms with Crippen LogP contribution in [0.5, 0.6) is 11.5 Å². The highest BCUT2D eigenvalue weighted by atomic mass is 127. The standard InChI is InChI=1S/C23H24IN3O5S2/c1-23(2,33-15-17-5-3-4-14-26-17)21(22(25)28)27(29)34(30,31)20-12-10-19(11-13-20)32-18-8-6-16(24)7-9-18/h3-14,21,29H,15H2,1-2H3,(H2,25,28)/t21-/m0/s1. The van der Waals surface area contributed by atoms with Crippen molar-refractivity contribution in [2.24, 2.45) is 5.73 Å². The Balaban J connectivity index is 1.78. The molecule has 3 rings (SSSR count). The minimum absolute atomic E-state index is 0.0513. The van der Waals surface area contributed by atoms with E-state index in [2.05, 4.69) is 27.6 Å². The molecule has 1 heterocycles. The van der Waals surface area contributed by atoms with E-state index >= 15 is 0 Å². The van der Waals surface area contributed by atoms with Crippen molar-refractivity contribution in [3.63, 3.8) is 0 Å². The van der Waals surface area contributed by atoms with E-state index in [1.807, 2.05) is 24.3 Å². The number of nitrogens with two attached hydrogens (primary N) is 1. The van der Waals surface area contributed by atoms with E-state index < -0.39 is 26.7 Å². The summed E-state index contributed by atoms with van der Waals surface area (Å²) in [5.41, 5.74) is 6.28. The maximum atomic E-state index is 13.1. The number of carbonyl (C=O) groups is 1. The number of rotatable bonds is 10. The summed E-state index contributed by atoms with van der Waals surface area (Å²) in [6.45, 7) is 3.29. The molecular formula is C23H24IN3O5S2. The number of sulfonamides is 1. The minimum Gasteiger partial charge on any atom is -0.457 e. The van der Waals surface area contributed by atoms with E-state index in [4.69, 9.17) is 10.5 Å². The van der Waals surface area contributed by atoms with Gasteiger partial charge in [-0.05, 0) is 97.1 Å². The molecule has 3 aromatic rings. The number of hydroxylamine groups is 1. The maximum Gasteiger partial charge on any atom is 0.265 e. The first-order chi connectivity index (χ1) is 16.0. The lowest BCUT2D eigenvalue weighted by Crippen LogP contribution is -2.55. The number of thioether (sulfide) groups is 1. The van der Waals surface area contributed by atoms with Crippen LogP contribution in [-0.4, -0.2) is 39.8 Å². The SMILES string of the molecule is CC(C)(SCc1ccccn1)[C@H](C(N)=O)N(O)S(=O)(=O)c1ccc(Oc2ccc(I)cc2)cc1. The zero-order valence-electron chi connectivity index (χ0n) is 18.5. The molecular weight excluding hydrogens is 589 g/mol. The largest absolute Gasteiger partial charge is 0.457 e. The fourth-order valence-electron chi connectivity index (χ4n) is 3.10. The van der Waals surface area contributed by atoms with Gasteiger partial charge in [0.05, 0.1) is 10.6 Å². The molecule has 0 fully saturated rings. The first-order valence-electron chi connectivity index (χ1n) is 10.1. The topological polar surface area (TPSA) is 123 Å². The van der Waals surface area contributed by atoms with Crippen LogP contribution < -0.4 is 10.5 Å². The molecule has 0 radical (unpaired) electrons. The van der Waals surface area contributed by atoms with Gasteiger partial charge in [-0.25, -0.2) is 8.42 Å². The lowest BCUT2D eigenvalue weighted by atomic mass is 10.0. The monoisotopic (exact) mass is 613 g/mol. The summed E-state index contributed by atoms with van der Waals surface area (Å²) in [5, 5.41) is 10.7. The number of primary amides is 1. The summed E-state index contributed by atoms with van der Waals surface area (Å²) in [6, 6.07) is 16.8. The summed E-state index contributed by atoms with van der Waals surface area (Å²) >= 11 is 3.44. The number of hydrogen-bond acceptors (Lipinski definition) is 7. The van der Waals surface area contributed by atoms with E-state index in [0.29, 0.717) is 17.3 Å². The van der Waals surface area contributed by atoms with Gasteiger partial charge in [-0.2, -0.15) is 0 Å². The summed E-state index contributed by atoms with van der Waals surface area (Å²) in [7, 11) is -4.44. The highest BCUT2D eigenvalue weighted by Crippen LogP contribution is 2.35. The van der Waals surface area contributed by atoms with Crippen LogP contribution in [0, 0.1) is 3.57 Å². The number of carbonyl (C=O) groups excluding carboxylic acids is 1. The van der Waals surface area contributed by atoms with Crippen LogP contribution in [-0.2, 0) is 20.6 Å². The van der Waals surface area contributed by atoms with Gasteiger partial charge in [-0.3, -0.25) is 15.0 Å². The molecule has 3 N–H and O–H groups in total. The fourth-order valence-corrected chi connectivity index (χ4v) is 5.94. The van der Waals surface area contributed by atoms with E-state index in [1.54, 1.807) is 38.2 Å². The molecule has 180 valence electrons. The van der Waals surface area contributed by atoms with Crippen molar-refractivity contribution in [1.29, 1.82) is 0 Å². The third kappa shape index (κ3) is 6.48. The van der Waals surface area contributed by atoms with Crippen LogP contribution in [0.2, 0.25) is 0 Å². The van der Waals surface area contributed by atoms with Crippen molar-refractivity contribution < 1.29 is 23.2 Å². The zero-order chi connectivity index (χ0) is 24.9. The number of ether oxygens (including phenoxy) is 1. The molecule has 11 heteroatoms. The van der Waals surface area contributed by atoms with E-state index in [9.17, 15) is 18.4 Å². The van der Waals surface area contributed by atoms with E-state index in [1.165, 1.54) is 36.0 Å². The molecule has 0 bridgehead atoms. The summed E-state index contributed by atoms with van der Waals surface area (Å²) in [6.07, 6.45) is 1.64. The highest BCUT2D eigenvalue weighted by molar-refractivity contribution is 14.1. The van der Waals surface area contributed by atoms with Gasteiger partial charge in [0.25, 0.3) is 10.0 Å². The molecule has 0 spiro atoms. The van der Waals surface area contributed by atoms with Gasteiger partial charge >= 0.3 is 0 Å². The third-order valence-electron chi connectivity index (χ3n) is 4.88. The van der Waals surface area contributed by atoms with Crippen LogP contribution in [0.1, 0.15) is 19.5 Å². The van der Waals surface area contributed by atoms with Gasteiger partial charge in [0.2, 0.25) is 5.91 Å². The predicted molar refractivity (Wildman–Crippen MR) is 139 cm³/mol. The smallest absolute Gasteiger partial charge is 0.265 e. The number of nitrogens with zero attached hydrogens (tertiary/aromatic N) is 2. The van der Waals surface area contributed by atoms with Crippen molar-refractivity contribution in [3.8, 4) is 11.5 Å². The van der Waals surface area contributed by atoms with Crippen LogP contribution >= 0.6 is 34.4 Å². The van der Waals surface area contributed by atoms with Gasteiger partial charge < -0.3 is 10.5 Å². The Labute approximate surface area is 216 Å². The number of hydrogen-bond donors (Lipinski definition) is 2. The lowest BCUT2D eigenvalue weighted by molar-refractivity contribution is -0.132. The normalized spacial score (nSPS) is 13.0. The quantitative estimate of drug-likeness (QED) is 0.256. The van der Waals surface area contributed by atoms with Gasteiger partial charge in [-0.15, -0.1) is 11.8 Å². The minimum atomic E-state index is -4.44. The van der Waals surface area contributed by atoms with E-state index in [0.717, 1.165) is 9.26 Å². The molecule has 1 aromatic heterocycles.